The minimum Gasteiger partial charge on any atom is -0.481 e. The van der Waals surface area contributed by atoms with Crippen LogP contribution in [0.25, 0.3) is 32.9 Å². The van der Waals surface area contributed by atoms with E-state index in [-0.39, 0.29) is 11.6 Å². The van der Waals surface area contributed by atoms with Crippen molar-refractivity contribution >= 4 is 21.8 Å². The number of H-pyrrole nitrogens is 1. The molecule has 1 aromatic carbocycles. The first-order valence-electron chi connectivity index (χ1n) is 10.3. The molecular weight excluding hydrogens is 396 g/mol. The lowest BCUT2D eigenvalue weighted by Crippen LogP contribution is -2.19. The first-order chi connectivity index (χ1) is 15.1. The molecule has 1 aliphatic rings. The summed E-state index contributed by atoms with van der Waals surface area (Å²) in [6, 6.07) is 7.94. The van der Waals surface area contributed by atoms with E-state index >= 15 is 0 Å². The standard InChI is InChI=1S/C23H24N4O4/c1-13-8-14(2)25-23(29-3)20(13)15-4-5-17-19(9-15)26-22(28)18-10-24-27(21(17)18)16-11-30-6-7-31-12-16/h4-5,8-10,16H,6-7,11-12H2,1-3H3,(H,26,28). The molecule has 0 saturated carbocycles. The van der Waals surface area contributed by atoms with Gasteiger partial charge >= 0.3 is 0 Å². The van der Waals surface area contributed by atoms with Gasteiger partial charge in [-0.1, -0.05) is 12.1 Å². The van der Waals surface area contributed by atoms with Crippen LogP contribution in [0.4, 0.5) is 0 Å². The Morgan fingerprint density at radius 2 is 1.90 bits per heavy atom. The number of hydrogen-bond donors (Lipinski definition) is 1. The largest absolute Gasteiger partial charge is 0.481 e. The van der Waals surface area contributed by atoms with Crippen LogP contribution in [0.15, 0.2) is 35.3 Å². The summed E-state index contributed by atoms with van der Waals surface area (Å²) in [7, 11) is 1.62. The summed E-state index contributed by atoms with van der Waals surface area (Å²) in [6.45, 7) is 6.08. The monoisotopic (exact) mass is 420 g/mol. The van der Waals surface area contributed by atoms with Crippen LogP contribution in [-0.4, -0.2) is 53.3 Å². The van der Waals surface area contributed by atoms with E-state index in [9.17, 15) is 4.79 Å². The van der Waals surface area contributed by atoms with Crippen molar-refractivity contribution in [2.75, 3.05) is 33.5 Å². The van der Waals surface area contributed by atoms with Gasteiger partial charge in [0.15, 0.2) is 0 Å². The summed E-state index contributed by atoms with van der Waals surface area (Å²) in [5, 5.41) is 5.97. The van der Waals surface area contributed by atoms with Crippen LogP contribution in [0.3, 0.4) is 0 Å². The van der Waals surface area contributed by atoms with E-state index in [2.05, 4.69) is 15.1 Å². The van der Waals surface area contributed by atoms with E-state index in [1.54, 1.807) is 13.3 Å². The topological polar surface area (TPSA) is 91.3 Å². The maximum Gasteiger partial charge on any atom is 0.259 e. The van der Waals surface area contributed by atoms with Crippen molar-refractivity contribution < 1.29 is 14.2 Å². The van der Waals surface area contributed by atoms with E-state index in [1.165, 1.54) is 0 Å². The number of aromatic amines is 1. The number of nitrogens with zero attached hydrogens (tertiary/aromatic N) is 3. The summed E-state index contributed by atoms with van der Waals surface area (Å²) in [5.74, 6) is 0.568. The fourth-order valence-electron chi connectivity index (χ4n) is 4.32. The maximum atomic E-state index is 12.8. The van der Waals surface area contributed by atoms with Crippen LogP contribution in [0.1, 0.15) is 17.3 Å². The summed E-state index contributed by atoms with van der Waals surface area (Å²) in [5.41, 5.74) is 5.14. The minimum absolute atomic E-state index is 0.0895. The Balaban J connectivity index is 1.72. The average Bonchev–Trinajstić information content (AvgIpc) is 3.02. The number of methoxy groups -OCH3 is 1. The van der Waals surface area contributed by atoms with Gasteiger partial charge in [0, 0.05) is 16.6 Å². The molecule has 1 saturated heterocycles. The normalized spacial score (nSPS) is 15.5. The Hall–Kier alpha value is -3.23. The Kier molecular flexibility index (Phi) is 4.95. The van der Waals surface area contributed by atoms with E-state index in [0.29, 0.717) is 37.7 Å². The smallest absolute Gasteiger partial charge is 0.259 e. The molecule has 1 aliphatic heterocycles. The molecule has 0 atom stereocenters. The first-order valence-corrected chi connectivity index (χ1v) is 10.3. The SMILES string of the molecule is COc1nc(C)cc(C)c1-c1ccc2c(c1)[nH]c(=O)c1cnn(C3COCCOC3)c12. The van der Waals surface area contributed by atoms with Gasteiger partial charge in [-0.2, -0.15) is 5.10 Å². The van der Waals surface area contributed by atoms with Crippen LogP contribution < -0.4 is 10.3 Å². The van der Waals surface area contributed by atoms with Crippen molar-refractivity contribution in [3.63, 3.8) is 0 Å². The minimum atomic E-state index is -0.174. The van der Waals surface area contributed by atoms with Crippen LogP contribution in [0.5, 0.6) is 5.88 Å². The van der Waals surface area contributed by atoms with E-state index in [0.717, 1.165) is 38.8 Å². The third-order valence-electron chi connectivity index (χ3n) is 5.69. The number of hydrogen-bond acceptors (Lipinski definition) is 6. The van der Waals surface area contributed by atoms with Gasteiger partial charge in [0.2, 0.25) is 5.88 Å². The highest BCUT2D eigenvalue weighted by Gasteiger charge is 2.21. The lowest BCUT2D eigenvalue weighted by atomic mass is 9.99. The Bertz CT molecular complexity index is 1330. The molecule has 0 unspecified atom stereocenters. The van der Waals surface area contributed by atoms with Gasteiger partial charge in [0.1, 0.15) is 0 Å². The molecule has 8 heteroatoms. The quantitative estimate of drug-likeness (QED) is 0.548. The zero-order chi connectivity index (χ0) is 21.5. The van der Waals surface area contributed by atoms with Gasteiger partial charge in [0.25, 0.3) is 5.56 Å². The fraction of sp³-hybridized carbons (Fsp3) is 0.348. The molecule has 3 aromatic heterocycles. The number of pyridine rings is 2. The number of aryl methyl sites for hydroxylation is 2. The van der Waals surface area contributed by atoms with Gasteiger partial charge in [-0.05, 0) is 37.1 Å². The van der Waals surface area contributed by atoms with Gasteiger partial charge < -0.3 is 19.2 Å². The van der Waals surface area contributed by atoms with Gasteiger partial charge in [-0.3, -0.25) is 9.48 Å². The number of nitrogens with one attached hydrogen (secondary N) is 1. The van der Waals surface area contributed by atoms with Crippen LogP contribution in [0.2, 0.25) is 0 Å². The van der Waals surface area contributed by atoms with Crippen LogP contribution in [0, 0.1) is 13.8 Å². The highest BCUT2D eigenvalue weighted by molar-refractivity contribution is 6.04. The number of fused-ring (bicyclic) bond motifs is 3. The third-order valence-corrected chi connectivity index (χ3v) is 5.69. The van der Waals surface area contributed by atoms with E-state index in [1.807, 2.05) is 42.8 Å². The number of rotatable bonds is 3. The summed E-state index contributed by atoms with van der Waals surface area (Å²) >= 11 is 0. The van der Waals surface area contributed by atoms with Crippen molar-refractivity contribution in [3.8, 4) is 17.0 Å². The molecule has 160 valence electrons. The lowest BCUT2D eigenvalue weighted by Gasteiger charge is -2.16. The molecular formula is C23H24N4O4. The predicted octanol–water partition coefficient (Wildman–Crippen LogP) is 3.15. The summed E-state index contributed by atoms with van der Waals surface area (Å²) in [6.07, 6.45) is 1.61. The summed E-state index contributed by atoms with van der Waals surface area (Å²) in [4.78, 5) is 20.4. The Labute approximate surface area is 178 Å². The van der Waals surface area contributed by atoms with Crippen molar-refractivity contribution in [1.29, 1.82) is 0 Å². The molecule has 1 N–H and O–H groups in total. The van der Waals surface area contributed by atoms with Crippen molar-refractivity contribution in [2.24, 2.45) is 0 Å². The van der Waals surface area contributed by atoms with E-state index in [4.69, 9.17) is 14.2 Å². The highest BCUT2D eigenvalue weighted by Crippen LogP contribution is 2.35. The molecule has 0 aliphatic carbocycles. The Morgan fingerprint density at radius 1 is 1.13 bits per heavy atom. The molecule has 0 amide bonds. The molecule has 4 aromatic rings. The molecule has 0 spiro atoms. The number of aromatic nitrogens is 4. The average molecular weight is 420 g/mol. The second-order valence-electron chi connectivity index (χ2n) is 7.83. The zero-order valence-electron chi connectivity index (χ0n) is 17.8. The molecule has 5 rings (SSSR count). The number of benzene rings is 1. The lowest BCUT2D eigenvalue weighted by molar-refractivity contribution is 0.103. The van der Waals surface area contributed by atoms with Crippen molar-refractivity contribution in [1.82, 2.24) is 19.7 Å². The molecule has 0 bridgehead atoms. The first kappa shape index (κ1) is 19.7. The van der Waals surface area contributed by atoms with Gasteiger partial charge in [0.05, 0.1) is 62.2 Å². The highest BCUT2D eigenvalue weighted by atomic mass is 16.5. The maximum absolute atomic E-state index is 12.8. The second kappa shape index (κ2) is 7.79. The second-order valence-corrected chi connectivity index (χ2v) is 7.83. The fourth-order valence-corrected chi connectivity index (χ4v) is 4.32. The Morgan fingerprint density at radius 3 is 2.65 bits per heavy atom. The molecule has 1 fully saturated rings. The van der Waals surface area contributed by atoms with Gasteiger partial charge in [-0.25, -0.2) is 4.98 Å². The van der Waals surface area contributed by atoms with Crippen molar-refractivity contribution in [2.45, 2.75) is 19.9 Å². The zero-order valence-corrected chi connectivity index (χ0v) is 17.8. The van der Waals surface area contributed by atoms with Crippen LogP contribution >= 0.6 is 0 Å². The molecule has 4 heterocycles. The predicted molar refractivity (Wildman–Crippen MR) is 118 cm³/mol. The van der Waals surface area contributed by atoms with Crippen LogP contribution in [-0.2, 0) is 9.47 Å². The van der Waals surface area contributed by atoms with Gasteiger partial charge in [-0.15, -0.1) is 0 Å². The van der Waals surface area contributed by atoms with Crippen molar-refractivity contribution in [3.05, 3.63) is 52.1 Å². The molecule has 8 nitrogen and oxygen atoms in total. The molecule has 0 radical (unpaired) electrons. The third kappa shape index (κ3) is 3.37. The summed E-state index contributed by atoms with van der Waals surface area (Å²) < 4.78 is 18.7. The van der Waals surface area contributed by atoms with E-state index < -0.39 is 0 Å². The molecule has 31 heavy (non-hydrogen) atoms. The number of ether oxygens (including phenoxy) is 3.